The molecule has 0 spiro atoms. The summed E-state index contributed by atoms with van der Waals surface area (Å²) in [6, 6.07) is 12.2. The van der Waals surface area contributed by atoms with Crippen LogP contribution in [0.3, 0.4) is 0 Å². The van der Waals surface area contributed by atoms with E-state index in [1.165, 1.54) is 0 Å². The van der Waals surface area contributed by atoms with Crippen LogP contribution in [0.5, 0.6) is 11.5 Å². The van der Waals surface area contributed by atoms with E-state index in [0.717, 1.165) is 58.7 Å². The summed E-state index contributed by atoms with van der Waals surface area (Å²) in [5.74, 6) is 2.42. The number of aromatic nitrogens is 2. The van der Waals surface area contributed by atoms with Gasteiger partial charge in [-0.2, -0.15) is 0 Å². The first-order chi connectivity index (χ1) is 12.3. The number of benzene rings is 2. The molecular weight excluding hydrogens is 316 g/mol. The summed E-state index contributed by atoms with van der Waals surface area (Å²) in [7, 11) is 0. The second-order valence-corrected chi connectivity index (χ2v) is 5.94. The number of anilines is 1. The first kappa shape index (κ1) is 15.7. The molecule has 1 aliphatic heterocycles. The Kier molecular flexibility index (Phi) is 4.35. The minimum absolute atomic E-state index is 0.279. The number of nitrogens with two attached hydrogens (primary N) is 1. The van der Waals surface area contributed by atoms with E-state index in [4.69, 9.17) is 15.2 Å². The van der Waals surface area contributed by atoms with Gasteiger partial charge in [-0.3, -0.25) is 0 Å². The van der Waals surface area contributed by atoms with Crippen molar-refractivity contribution in [2.75, 3.05) is 25.2 Å². The summed E-state index contributed by atoms with van der Waals surface area (Å²) in [6.07, 6.45) is 3.61. The second-order valence-electron chi connectivity index (χ2n) is 5.94. The summed E-state index contributed by atoms with van der Waals surface area (Å²) in [6.45, 7) is 1.83. The summed E-state index contributed by atoms with van der Waals surface area (Å²) in [5.41, 5.74) is 8.63. The molecule has 0 aliphatic carbocycles. The van der Waals surface area contributed by atoms with Gasteiger partial charge in [0.05, 0.1) is 5.52 Å². The Labute approximate surface area is 146 Å². The third-order valence-electron chi connectivity index (χ3n) is 4.26. The van der Waals surface area contributed by atoms with Crippen molar-refractivity contribution in [1.82, 2.24) is 9.97 Å². The highest BCUT2D eigenvalue weighted by atomic mass is 16.7. The quantitative estimate of drug-likeness (QED) is 0.673. The number of nitrogens with zero attached hydrogens (tertiary/aromatic N) is 2. The van der Waals surface area contributed by atoms with Crippen LogP contribution in [0.2, 0.25) is 0 Å². The zero-order chi connectivity index (χ0) is 17.1. The van der Waals surface area contributed by atoms with E-state index in [1.54, 1.807) is 6.33 Å². The monoisotopic (exact) mass is 336 g/mol. The van der Waals surface area contributed by atoms with Gasteiger partial charge in [0.2, 0.25) is 6.79 Å². The van der Waals surface area contributed by atoms with Gasteiger partial charge in [-0.05, 0) is 54.8 Å². The lowest BCUT2D eigenvalue weighted by Gasteiger charge is -2.10. The van der Waals surface area contributed by atoms with Gasteiger partial charge in [0.15, 0.2) is 11.5 Å². The molecule has 3 aromatic rings. The fraction of sp³-hybridized carbons (Fsp3) is 0.263. The molecule has 0 bridgehead atoms. The molecule has 0 amide bonds. The van der Waals surface area contributed by atoms with Gasteiger partial charge < -0.3 is 20.5 Å². The van der Waals surface area contributed by atoms with Crippen molar-refractivity contribution in [1.29, 1.82) is 0 Å². The van der Waals surface area contributed by atoms with Crippen LogP contribution in [-0.4, -0.2) is 29.9 Å². The molecule has 2 aromatic carbocycles. The lowest BCUT2D eigenvalue weighted by Crippen LogP contribution is -2.07. The van der Waals surface area contributed by atoms with E-state index < -0.39 is 0 Å². The van der Waals surface area contributed by atoms with Crippen molar-refractivity contribution in [3.63, 3.8) is 0 Å². The Morgan fingerprint density at radius 3 is 2.72 bits per heavy atom. The molecule has 25 heavy (non-hydrogen) atoms. The molecule has 1 aromatic heterocycles. The predicted molar refractivity (Wildman–Crippen MR) is 97.9 cm³/mol. The van der Waals surface area contributed by atoms with Crippen LogP contribution in [0.25, 0.3) is 22.0 Å². The molecule has 0 saturated carbocycles. The number of ether oxygens (including phenoxy) is 2. The SMILES string of the molecule is NCCCCNc1ncnc2ccc(-c3ccc4c(c3)OCO4)cc12. The summed E-state index contributed by atoms with van der Waals surface area (Å²) >= 11 is 0. The zero-order valence-electron chi connectivity index (χ0n) is 13.9. The molecule has 0 fully saturated rings. The molecule has 0 saturated heterocycles. The van der Waals surface area contributed by atoms with Crippen LogP contribution in [-0.2, 0) is 0 Å². The number of unbranched alkanes of at least 4 members (excludes halogenated alkanes) is 1. The lowest BCUT2D eigenvalue weighted by molar-refractivity contribution is 0.174. The number of hydrogen-bond donors (Lipinski definition) is 2. The second kappa shape index (κ2) is 6.94. The Balaban J connectivity index is 1.66. The van der Waals surface area contributed by atoms with Gasteiger partial charge in [0.25, 0.3) is 0 Å². The smallest absolute Gasteiger partial charge is 0.231 e. The Hall–Kier alpha value is -2.86. The molecule has 6 nitrogen and oxygen atoms in total. The lowest BCUT2D eigenvalue weighted by atomic mass is 10.0. The van der Waals surface area contributed by atoms with Crippen molar-refractivity contribution in [3.8, 4) is 22.6 Å². The molecule has 1 aliphatic rings. The van der Waals surface area contributed by atoms with E-state index >= 15 is 0 Å². The zero-order valence-corrected chi connectivity index (χ0v) is 13.9. The van der Waals surface area contributed by atoms with E-state index in [1.807, 2.05) is 24.3 Å². The third-order valence-corrected chi connectivity index (χ3v) is 4.26. The van der Waals surface area contributed by atoms with E-state index in [0.29, 0.717) is 6.54 Å². The van der Waals surface area contributed by atoms with E-state index in [2.05, 4.69) is 27.4 Å². The fourth-order valence-electron chi connectivity index (χ4n) is 2.93. The third kappa shape index (κ3) is 3.21. The molecule has 0 unspecified atom stereocenters. The van der Waals surface area contributed by atoms with Crippen molar-refractivity contribution >= 4 is 16.7 Å². The maximum absolute atomic E-state index is 5.55. The molecular formula is C19H20N4O2. The predicted octanol–water partition coefficient (Wildman–Crippen LogP) is 3.18. The van der Waals surface area contributed by atoms with Crippen molar-refractivity contribution in [2.24, 2.45) is 5.73 Å². The maximum atomic E-state index is 5.55. The van der Waals surface area contributed by atoms with Gasteiger partial charge in [0, 0.05) is 11.9 Å². The van der Waals surface area contributed by atoms with E-state index in [-0.39, 0.29) is 6.79 Å². The highest BCUT2D eigenvalue weighted by molar-refractivity contribution is 5.92. The Bertz CT molecular complexity index is 898. The highest BCUT2D eigenvalue weighted by Crippen LogP contribution is 2.36. The number of nitrogens with one attached hydrogen (secondary N) is 1. The average molecular weight is 336 g/mol. The Morgan fingerprint density at radius 2 is 1.80 bits per heavy atom. The minimum Gasteiger partial charge on any atom is -0.454 e. The van der Waals surface area contributed by atoms with Crippen molar-refractivity contribution in [2.45, 2.75) is 12.8 Å². The number of hydrogen-bond acceptors (Lipinski definition) is 6. The fourth-order valence-corrected chi connectivity index (χ4v) is 2.93. The van der Waals surface area contributed by atoms with Crippen LogP contribution in [0, 0.1) is 0 Å². The van der Waals surface area contributed by atoms with Crippen LogP contribution >= 0.6 is 0 Å². The van der Waals surface area contributed by atoms with Crippen LogP contribution in [0.15, 0.2) is 42.7 Å². The number of fused-ring (bicyclic) bond motifs is 2. The molecule has 0 atom stereocenters. The van der Waals surface area contributed by atoms with Crippen LogP contribution in [0.4, 0.5) is 5.82 Å². The van der Waals surface area contributed by atoms with Crippen molar-refractivity contribution < 1.29 is 9.47 Å². The molecule has 4 rings (SSSR count). The molecule has 0 radical (unpaired) electrons. The number of rotatable bonds is 6. The first-order valence-electron chi connectivity index (χ1n) is 8.44. The summed E-state index contributed by atoms with van der Waals surface area (Å²) in [5, 5.41) is 4.40. The topological polar surface area (TPSA) is 82.3 Å². The van der Waals surface area contributed by atoms with Gasteiger partial charge in [0.1, 0.15) is 12.1 Å². The van der Waals surface area contributed by atoms with Crippen molar-refractivity contribution in [3.05, 3.63) is 42.7 Å². The van der Waals surface area contributed by atoms with Crippen LogP contribution in [0.1, 0.15) is 12.8 Å². The van der Waals surface area contributed by atoms with Gasteiger partial charge >= 0.3 is 0 Å². The van der Waals surface area contributed by atoms with Gasteiger partial charge in [-0.15, -0.1) is 0 Å². The summed E-state index contributed by atoms with van der Waals surface area (Å²) < 4.78 is 10.9. The molecule has 2 heterocycles. The van der Waals surface area contributed by atoms with Crippen LogP contribution < -0.4 is 20.5 Å². The van der Waals surface area contributed by atoms with Gasteiger partial charge in [-0.25, -0.2) is 9.97 Å². The first-order valence-corrected chi connectivity index (χ1v) is 8.44. The largest absolute Gasteiger partial charge is 0.454 e. The molecule has 128 valence electrons. The normalized spacial score (nSPS) is 12.5. The molecule has 3 N–H and O–H groups in total. The molecule has 6 heteroatoms. The van der Waals surface area contributed by atoms with E-state index in [9.17, 15) is 0 Å². The standard InChI is InChI=1S/C19H20N4O2/c20-7-1-2-8-21-19-15-9-13(3-5-16(15)22-11-23-19)14-4-6-17-18(10-14)25-12-24-17/h3-6,9-11H,1-2,7-8,12,20H2,(H,21,22,23). The summed E-state index contributed by atoms with van der Waals surface area (Å²) in [4.78, 5) is 8.76. The average Bonchev–Trinajstić information content (AvgIpc) is 3.12. The maximum Gasteiger partial charge on any atom is 0.231 e. The minimum atomic E-state index is 0.279. The highest BCUT2D eigenvalue weighted by Gasteiger charge is 2.14. The van der Waals surface area contributed by atoms with Gasteiger partial charge in [-0.1, -0.05) is 12.1 Å². The Morgan fingerprint density at radius 1 is 0.960 bits per heavy atom.